The van der Waals surface area contributed by atoms with Gasteiger partial charge in [-0.3, -0.25) is 0 Å². The molecular weight excluding hydrogens is 347 g/mol. The minimum Gasteiger partial charge on any atom is -0.396 e. The van der Waals surface area contributed by atoms with Crippen LogP contribution in [0.2, 0.25) is 0 Å². The van der Waals surface area contributed by atoms with Gasteiger partial charge in [-0.05, 0) is 36.6 Å². The van der Waals surface area contributed by atoms with Gasteiger partial charge >= 0.3 is 0 Å². The molecule has 1 aromatic carbocycles. The van der Waals surface area contributed by atoms with Crippen LogP contribution in [0.5, 0.6) is 0 Å². The number of aliphatic hydroxyl groups is 1. The third-order valence-electron chi connectivity index (χ3n) is 5.05. The Bertz CT molecular complexity index is 914. The maximum atomic E-state index is 13.2. The number of nitrogen functional groups attached to an aromatic ring is 1. The Hall–Kier alpha value is -3.00. The normalized spacial score (nSPS) is 19.6. The van der Waals surface area contributed by atoms with Crippen LogP contribution < -0.4 is 10.6 Å². The van der Waals surface area contributed by atoms with E-state index in [1.165, 1.54) is 12.1 Å². The third-order valence-corrected chi connectivity index (χ3v) is 5.05. The molecule has 0 saturated carbocycles. The molecule has 0 aliphatic carbocycles. The summed E-state index contributed by atoms with van der Waals surface area (Å²) in [6, 6.07) is 10.1. The minimum absolute atomic E-state index is 0.0491. The summed E-state index contributed by atoms with van der Waals surface area (Å²) in [4.78, 5) is 10.7. The van der Waals surface area contributed by atoms with Gasteiger partial charge in [0, 0.05) is 37.0 Å². The Morgan fingerprint density at radius 3 is 2.67 bits per heavy atom. The highest BCUT2D eigenvalue weighted by Gasteiger charge is 2.38. The van der Waals surface area contributed by atoms with E-state index in [0.29, 0.717) is 24.6 Å². The van der Waals surface area contributed by atoms with Gasteiger partial charge in [0.2, 0.25) is 5.95 Å². The maximum Gasteiger partial charge on any atom is 0.224 e. The van der Waals surface area contributed by atoms with E-state index in [4.69, 9.17) is 5.73 Å². The first-order valence-corrected chi connectivity index (χ1v) is 8.82. The predicted molar refractivity (Wildman–Crippen MR) is 100 cm³/mol. The number of anilines is 2. The van der Waals surface area contributed by atoms with Crippen molar-refractivity contribution >= 4 is 11.8 Å². The smallest absolute Gasteiger partial charge is 0.224 e. The maximum absolute atomic E-state index is 13.2. The largest absolute Gasteiger partial charge is 0.396 e. The fourth-order valence-corrected chi connectivity index (χ4v) is 3.62. The van der Waals surface area contributed by atoms with Crippen molar-refractivity contribution in [3.8, 4) is 5.82 Å². The van der Waals surface area contributed by atoms with Crippen LogP contribution in [-0.4, -0.2) is 44.6 Å². The molecule has 4 rings (SSSR count). The van der Waals surface area contributed by atoms with Gasteiger partial charge in [0.25, 0.3) is 0 Å². The monoisotopic (exact) mass is 368 g/mol. The van der Waals surface area contributed by atoms with Crippen molar-refractivity contribution in [3.05, 3.63) is 60.2 Å². The molecule has 27 heavy (non-hydrogen) atoms. The van der Waals surface area contributed by atoms with Crippen molar-refractivity contribution < 1.29 is 9.50 Å². The molecule has 1 aliphatic heterocycles. The molecule has 1 unspecified atom stereocenters. The summed E-state index contributed by atoms with van der Waals surface area (Å²) < 4.78 is 14.8. The molecule has 0 bridgehead atoms. The summed E-state index contributed by atoms with van der Waals surface area (Å²) in [5, 5.41) is 14.3. The van der Waals surface area contributed by atoms with Gasteiger partial charge < -0.3 is 15.7 Å². The molecule has 0 radical (unpaired) electrons. The van der Waals surface area contributed by atoms with E-state index in [1.807, 2.05) is 12.1 Å². The second-order valence-corrected chi connectivity index (χ2v) is 7.03. The number of benzene rings is 1. The number of aliphatic hydroxyl groups excluding tert-OH is 1. The van der Waals surface area contributed by atoms with Crippen LogP contribution >= 0.6 is 0 Å². The lowest BCUT2D eigenvalue weighted by Crippen LogP contribution is -2.33. The number of hydrogen-bond donors (Lipinski definition) is 2. The highest BCUT2D eigenvalue weighted by atomic mass is 19.1. The first kappa shape index (κ1) is 17.4. The molecule has 1 aliphatic rings. The number of aromatic nitrogens is 4. The zero-order valence-electron chi connectivity index (χ0n) is 14.8. The van der Waals surface area contributed by atoms with E-state index in [-0.39, 0.29) is 23.8 Å². The Morgan fingerprint density at radius 2 is 1.96 bits per heavy atom. The summed E-state index contributed by atoms with van der Waals surface area (Å²) in [7, 11) is 0. The van der Waals surface area contributed by atoms with E-state index in [9.17, 15) is 9.50 Å². The zero-order valence-corrected chi connectivity index (χ0v) is 14.8. The number of halogens is 1. The zero-order chi connectivity index (χ0) is 18.9. The van der Waals surface area contributed by atoms with Crippen molar-refractivity contribution in [2.45, 2.75) is 12.8 Å². The molecule has 0 spiro atoms. The van der Waals surface area contributed by atoms with Gasteiger partial charge in [-0.2, -0.15) is 15.1 Å². The number of hydrogen-bond acceptors (Lipinski definition) is 6. The van der Waals surface area contributed by atoms with Gasteiger partial charge in [0.1, 0.15) is 11.6 Å². The second-order valence-electron chi connectivity index (χ2n) is 7.03. The van der Waals surface area contributed by atoms with Gasteiger partial charge in [0.05, 0.1) is 6.61 Å². The van der Waals surface area contributed by atoms with Crippen LogP contribution in [0.25, 0.3) is 5.82 Å². The fraction of sp³-hybridized carbons (Fsp3) is 0.316. The van der Waals surface area contributed by atoms with E-state index >= 15 is 0 Å². The fourth-order valence-electron chi connectivity index (χ4n) is 3.62. The molecule has 3 heterocycles. The number of nitrogens with two attached hydrogens (primary N) is 1. The highest BCUT2D eigenvalue weighted by molar-refractivity contribution is 5.49. The second kappa shape index (κ2) is 6.96. The first-order valence-electron chi connectivity index (χ1n) is 8.82. The van der Waals surface area contributed by atoms with E-state index < -0.39 is 0 Å². The average Bonchev–Trinajstić information content (AvgIpc) is 3.34. The van der Waals surface area contributed by atoms with Gasteiger partial charge in [0.15, 0.2) is 5.82 Å². The lowest BCUT2D eigenvalue weighted by atomic mass is 9.81. The van der Waals surface area contributed by atoms with Gasteiger partial charge in [-0.1, -0.05) is 12.1 Å². The van der Waals surface area contributed by atoms with Crippen molar-refractivity contribution in [1.29, 1.82) is 0 Å². The van der Waals surface area contributed by atoms with Crippen molar-refractivity contribution in [1.82, 2.24) is 19.7 Å². The molecule has 1 atom stereocenters. The molecule has 3 aromatic rings. The van der Waals surface area contributed by atoms with Crippen LogP contribution in [0.3, 0.4) is 0 Å². The molecule has 7 nitrogen and oxygen atoms in total. The van der Waals surface area contributed by atoms with Crippen LogP contribution in [0, 0.1) is 11.2 Å². The van der Waals surface area contributed by atoms with Crippen LogP contribution in [0.4, 0.5) is 16.2 Å². The summed E-state index contributed by atoms with van der Waals surface area (Å²) >= 11 is 0. The summed E-state index contributed by atoms with van der Waals surface area (Å²) in [6.45, 7) is 1.43. The van der Waals surface area contributed by atoms with Crippen LogP contribution in [-0.2, 0) is 6.42 Å². The van der Waals surface area contributed by atoms with Gasteiger partial charge in [-0.15, -0.1) is 0 Å². The van der Waals surface area contributed by atoms with Crippen molar-refractivity contribution in [3.63, 3.8) is 0 Å². The van der Waals surface area contributed by atoms with Crippen molar-refractivity contribution in [2.75, 3.05) is 30.3 Å². The SMILES string of the molecule is Nc1nc(N2CCC(CO)(Cc3ccc(F)cc3)C2)cc(-n2cccn2)n1. The average molecular weight is 368 g/mol. The Morgan fingerprint density at radius 1 is 1.19 bits per heavy atom. The van der Waals surface area contributed by atoms with Crippen molar-refractivity contribution in [2.24, 2.45) is 5.41 Å². The van der Waals surface area contributed by atoms with Crippen LogP contribution in [0.1, 0.15) is 12.0 Å². The Balaban J connectivity index is 1.57. The first-order chi connectivity index (χ1) is 13.1. The van der Waals surface area contributed by atoms with E-state index in [2.05, 4.69) is 20.0 Å². The summed E-state index contributed by atoms with van der Waals surface area (Å²) in [5.74, 6) is 1.23. The molecule has 2 aromatic heterocycles. The standard InChI is InChI=1S/C19H21FN6O/c20-15-4-2-14(3-5-15)11-19(13-27)6-9-25(12-19)16-10-17(24-18(21)23-16)26-8-1-7-22-26/h1-5,7-8,10,27H,6,9,11-13H2,(H2,21,23,24). The molecule has 140 valence electrons. The summed E-state index contributed by atoms with van der Waals surface area (Å²) in [5.41, 5.74) is 6.60. The van der Waals surface area contributed by atoms with Crippen LogP contribution in [0.15, 0.2) is 48.8 Å². The quantitative estimate of drug-likeness (QED) is 0.714. The Labute approximate surface area is 156 Å². The molecule has 3 N–H and O–H groups in total. The number of rotatable bonds is 5. The Kier molecular flexibility index (Phi) is 4.49. The van der Waals surface area contributed by atoms with E-state index in [1.54, 1.807) is 29.2 Å². The molecule has 8 heteroatoms. The predicted octanol–water partition coefficient (Wildman–Crippen LogP) is 1.82. The lowest BCUT2D eigenvalue weighted by Gasteiger charge is -2.27. The third kappa shape index (κ3) is 3.61. The number of nitrogens with zero attached hydrogens (tertiary/aromatic N) is 5. The lowest BCUT2D eigenvalue weighted by molar-refractivity contribution is 0.144. The topological polar surface area (TPSA) is 93.1 Å². The molecule has 0 amide bonds. The molecular formula is C19H21FN6O. The highest BCUT2D eigenvalue weighted by Crippen LogP contribution is 2.36. The minimum atomic E-state index is -0.302. The van der Waals surface area contributed by atoms with Gasteiger partial charge in [-0.25, -0.2) is 9.07 Å². The molecule has 1 saturated heterocycles. The van der Waals surface area contributed by atoms with E-state index in [0.717, 1.165) is 18.5 Å². The summed E-state index contributed by atoms with van der Waals surface area (Å²) in [6.07, 6.45) is 4.95. The molecule has 1 fully saturated rings.